The lowest BCUT2D eigenvalue weighted by atomic mass is 10.0. The minimum Gasteiger partial charge on any atom is -0.383 e. The number of carbonyl (C=O) groups excluding carboxylic acids is 2. The fourth-order valence-electron chi connectivity index (χ4n) is 3.72. The smallest absolute Gasteiger partial charge is 0.256 e. The molecule has 0 saturated carbocycles. The second-order valence-electron chi connectivity index (χ2n) is 7.93. The summed E-state index contributed by atoms with van der Waals surface area (Å²) in [5.74, 6) is -1.03. The molecule has 0 radical (unpaired) electrons. The summed E-state index contributed by atoms with van der Waals surface area (Å²) in [5, 5.41) is 3.20. The van der Waals surface area contributed by atoms with Gasteiger partial charge in [-0.05, 0) is 43.3 Å². The first-order valence-electron chi connectivity index (χ1n) is 10.7. The Morgan fingerprint density at radius 2 is 1.74 bits per heavy atom. The van der Waals surface area contributed by atoms with Gasteiger partial charge in [-0.1, -0.05) is 0 Å². The summed E-state index contributed by atoms with van der Waals surface area (Å²) in [7, 11) is 1.20. The molecule has 13 heteroatoms. The maximum atomic E-state index is 13.0. The number of nitrogens with zero attached hydrogens (tertiary/aromatic N) is 2. The van der Waals surface area contributed by atoms with Crippen LogP contribution in [-0.2, 0) is 32.5 Å². The molecule has 3 rings (SSSR count). The van der Waals surface area contributed by atoms with Gasteiger partial charge >= 0.3 is 0 Å². The molecule has 2 aromatic rings. The number of sulfonamides is 1. The van der Waals surface area contributed by atoms with Crippen molar-refractivity contribution in [2.75, 3.05) is 59.4 Å². The second kappa shape index (κ2) is 12.8. The van der Waals surface area contributed by atoms with Gasteiger partial charge in [-0.15, -0.1) is 23.7 Å². The number of halogens is 1. The van der Waals surface area contributed by atoms with E-state index in [0.29, 0.717) is 23.5 Å². The van der Waals surface area contributed by atoms with Crippen molar-refractivity contribution in [2.45, 2.75) is 17.9 Å². The van der Waals surface area contributed by atoms with Crippen molar-refractivity contribution in [3.63, 3.8) is 0 Å². The van der Waals surface area contributed by atoms with E-state index in [9.17, 15) is 18.0 Å². The molecule has 0 aliphatic carbocycles. The van der Waals surface area contributed by atoms with E-state index in [1.54, 1.807) is 0 Å². The maximum Gasteiger partial charge on any atom is 0.256 e. The molecule has 0 atom stereocenters. The highest BCUT2D eigenvalue weighted by molar-refractivity contribution is 7.89. The van der Waals surface area contributed by atoms with Crippen molar-refractivity contribution < 1.29 is 27.5 Å². The summed E-state index contributed by atoms with van der Waals surface area (Å²) in [4.78, 5) is 28.2. The molecule has 0 bridgehead atoms. The van der Waals surface area contributed by atoms with E-state index in [1.807, 2.05) is 7.05 Å². The number of ether oxygens (including phenoxy) is 2. The van der Waals surface area contributed by atoms with Crippen molar-refractivity contribution >= 4 is 50.6 Å². The lowest BCUT2D eigenvalue weighted by Crippen LogP contribution is -2.36. The predicted octanol–water partition coefficient (Wildman–Crippen LogP) is 1.79. The van der Waals surface area contributed by atoms with Crippen molar-refractivity contribution in [1.82, 2.24) is 9.21 Å². The molecular weight excluding hydrogens is 516 g/mol. The molecule has 2 amide bonds. The van der Waals surface area contributed by atoms with Crippen molar-refractivity contribution in [3.8, 4) is 0 Å². The SMILES string of the molecule is COCCN(CCOC)S(=O)(=O)c1ccc(C(=O)Nc2sc3c(c2C(N)=O)CCN(C)C3)cc1.Cl. The van der Waals surface area contributed by atoms with E-state index in [2.05, 4.69) is 10.2 Å². The number of anilines is 1. The minimum atomic E-state index is -3.79. The first-order chi connectivity index (χ1) is 16.2. The number of likely N-dealkylation sites (N-methyl/N-ethyl adjacent to an activating group) is 1. The van der Waals surface area contributed by atoms with E-state index in [-0.39, 0.29) is 49.2 Å². The quantitative estimate of drug-likeness (QED) is 0.439. The van der Waals surface area contributed by atoms with Gasteiger partial charge < -0.3 is 25.4 Å². The maximum absolute atomic E-state index is 13.0. The van der Waals surface area contributed by atoms with Gasteiger partial charge in [0.2, 0.25) is 10.0 Å². The standard InChI is InChI=1S/C22H30N4O6S2.ClH/c1-25-9-8-17-18(14-25)33-22(19(17)20(23)27)24-21(28)15-4-6-16(7-5-15)34(29,30)26(10-12-31-2)11-13-32-3;/h4-7H,8-14H2,1-3H3,(H2,23,27)(H,24,28);1H. The van der Waals surface area contributed by atoms with Crippen LogP contribution in [0.5, 0.6) is 0 Å². The third-order valence-electron chi connectivity index (χ3n) is 5.57. The van der Waals surface area contributed by atoms with Crippen LogP contribution in [0.15, 0.2) is 29.2 Å². The van der Waals surface area contributed by atoms with E-state index in [0.717, 1.165) is 17.0 Å². The average Bonchev–Trinajstić information content (AvgIpc) is 3.16. The van der Waals surface area contributed by atoms with Gasteiger partial charge in [0.1, 0.15) is 5.00 Å². The molecule has 1 aromatic heterocycles. The summed E-state index contributed by atoms with van der Waals surface area (Å²) in [6.07, 6.45) is 0.686. The van der Waals surface area contributed by atoms with Gasteiger partial charge in [0.15, 0.2) is 0 Å². The van der Waals surface area contributed by atoms with Gasteiger partial charge in [0.05, 0.1) is 23.7 Å². The van der Waals surface area contributed by atoms with Crippen LogP contribution in [0.2, 0.25) is 0 Å². The summed E-state index contributed by atoms with van der Waals surface area (Å²) < 4.78 is 37.4. The number of thiophene rings is 1. The number of nitrogens with two attached hydrogens (primary N) is 1. The largest absolute Gasteiger partial charge is 0.383 e. The minimum absolute atomic E-state index is 0. The number of nitrogens with one attached hydrogen (secondary N) is 1. The highest BCUT2D eigenvalue weighted by Gasteiger charge is 2.27. The van der Waals surface area contributed by atoms with E-state index in [1.165, 1.54) is 54.1 Å². The first kappa shape index (κ1) is 29.2. The third-order valence-corrected chi connectivity index (χ3v) is 8.61. The topological polar surface area (TPSA) is 131 Å². The normalized spacial score (nSPS) is 13.8. The van der Waals surface area contributed by atoms with E-state index in [4.69, 9.17) is 15.2 Å². The van der Waals surface area contributed by atoms with Crippen LogP contribution in [0.25, 0.3) is 0 Å². The molecule has 2 heterocycles. The van der Waals surface area contributed by atoms with Gasteiger partial charge in [-0.2, -0.15) is 4.31 Å². The Hall–Kier alpha value is -2.06. The van der Waals surface area contributed by atoms with Gasteiger partial charge in [0.25, 0.3) is 11.8 Å². The summed E-state index contributed by atoms with van der Waals surface area (Å²) in [6, 6.07) is 5.66. The number of amides is 2. The Balaban J connectivity index is 0.00000432. The van der Waals surface area contributed by atoms with Crippen LogP contribution >= 0.6 is 23.7 Å². The second-order valence-corrected chi connectivity index (χ2v) is 11.0. The number of rotatable bonds is 11. The molecule has 0 unspecified atom stereocenters. The zero-order valence-corrected chi connectivity index (χ0v) is 22.4. The molecule has 3 N–H and O–H groups in total. The van der Waals surface area contributed by atoms with Gasteiger partial charge in [-0.3, -0.25) is 9.59 Å². The van der Waals surface area contributed by atoms with Crippen molar-refractivity contribution in [3.05, 3.63) is 45.8 Å². The number of primary amides is 1. The molecule has 0 fully saturated rings. The Labute approximate surface area is 215 Å². The first-order valence-corrected chi connectivity index (χ1v) is 13.0. The zero-order chi connectivity index (χ0) is 24.9. The number of carbonyl (C=O) groups is 2. The number of hydrogen-bond donors (Lipinski definition) is 2. The van der Waals surface area contributed by atoms with Crippen molar-refractivity contribution in [1.29, 1.82) is 0 Å². The highest BCUT2D eigenvalue weighted by atomic mass is 35.5. The number of benzene rings is 1. The molecule has 194 valence electrons. The fourth-order valence-corrected chi connectivity index (χ4v) is 6.46. The fraction of sp³-hybridized carbons (Fsp3) is 0.455. The Morgan fingerprint density at radius 1 is 1.14 bits per heavy atom. The molecule has 1 aliphatic heterocycles. The Kier molecular flexibility index (Phi) is 10.6. The van der Waals surface area contributed by atoms with Crippen molar-refractivity contribution in [2.24, 2.45) is 5.73 Å². The zero-order valence-electron chi connectivity index (χ0n) is 19.9. The van der Waals surface area contributed by atoms with E-state index < -0.39 is 21.8 Å². The molecule has 35 heavy (non-hydrogen) atoms. The van der Waals surface area contributed by atoms with E-state index >= 15 is 0 Å². The monoisotopic (exact) mass is 546 g/mol. The molecule has 10 nitrogen and oxygen atoms in total. The summed E-state index contributed by atoms with van der Waals surface area (Å²) in [5.41, 5.74) is 7.12. The summed E-state index contributed by atoms with van der Waals surface area (Å²) >= 11 is 1.34. The molecule has 0 saturated heterocycles. The third kappa shape index (κ3) is 6.79. The lowest BCUT2D eigenvalue weighted by molar-refractivity contribution is 0.1000. The van der Waals surface area contributed by atoms with Gasteiger partial charge in [0, 0.05) is 50.8 Å². The molecular formula is C22H31ClN4O6S2. The number of fused-ring (bicyclic) bond motifs is 1. The molecule has 1 aromatic carbocycles. The molecule has 0 spiro atoms. The van der Waals surface area contributed by atoms with Gasteiger partial charge in [-0.25, -0.2) is 8.42 Å². The molecule has 1 aliphatic rings. The lowest BCUT2D eigenvalue weighted by Gasteiger charge is -2.22. The predicted molar refractivity (Wildman–Crippen MR) is 137 cm³/mol. The van der Waals surface area contributed by atoms with Crippen LogP contribution in [-0.4, -0.2) is 83.6 Å². The number of methoxy groups -OCH3 is 2. The summed E-state index contributed by atoms with van der Waals surface area (Å²) in [6.45, 7) is 2.33. The van der Waals surface area contributed by atoms with Crippen LogP contribution in [0.4, 0.5) is 5.00 Å². The Morgan fingerprint density at radius 3 is 2.29 bits per heavy atom. The van der Waals surface area contributed by atoms with Crippen LogP contribution in [0.1, 0.15) is 31.2 Å². The Bertz CT molecular complexity index is 1130. The number of hydrogen-bond acceptors (Lipinski definition) is 8. The van der Waals surface area contributed by atoms with Crippen LogP contribution < -0.4 is 11.1 Å². The van der Waals surface area contributed by atoms with Crippen LogP contribution in [0, 0.1) is 0 Å². The average molecular weight is 547 g/mol. The van der Waals surface area contributed by atoms with Crippen LogP contribution in [0.3, 0.4) is 0 Å². The highest BCUT2D eigenvalue weighted by Crippen LogP contribution is 2.36.